The number of rotatable bonds is 2. The lowest BCUT2D eigenvalue weighted by molar-refractivity contribution is -0.219. The molecule has 0 amide bonds. The Bertz CT molecular complexity index is 805. The predicted molar refractivity (Wildman–Crippen MR) is 99.9 cm³/mol. The van der Waals surface area contributed by atoms with E-state index >= 15 is 4.39 Å². The molecule has 0 saturated heterocycles. The van der Waals surface area contributed by atoms with Crippen LogP contribution in [0.4, 0.5) is 4.39 Å². The van der Waals surface area contributed by atoms with Crippen molar-refractivity contribution in [3.05, 3.63) is 23.8 Å². The minimum atomic E-state index is -1.98. The number of ketones is 2. The SMILES string of the molecule is C[C@H]1C[C@@H]2[C@H]3CCC4=CC(=O)C=C[C@]4(C)[C@]3(F)[C@@H](O)C[C@]2(C)[C@]1(O)C(=O)CO. The average Bonchev–Trinajstić information content (AvgIpc) is 2.84. The topological polar surface area (TPSA) is 94.8 Å². The molecule has 3 N–H and O–H groups in total. The van der Waals surface area contributed by atoms with Gasteiger partial charge in [-0.05, 0) is 56.6 Å². The summed E-state index contributed by atoms with van der Waals surface area (Å²) in [5, 5.41) is 32.0. The number of hydrogen-bond acceptors (Lipinski definition) is 5. The van der Waals surface area contributed by atoms with E-state index in [0.29, 0.717) is 24.8 Å². The van der Waals surface area contributed by atoms with Gasteiger partial charge >= 0.3 is 0 Å². The third-order valence-corrected chi connectivity index (χ3v) is 8.79. The fraction of sp³-hybridized carbons (Fsp3) is 0.727. The lowest BCUT2D eigenvalue weighted by atomic mass is 9.44. The van der Waals surface area contributed by atoms with Crippen LogP contribution in [0, 0.1) is 28.6 Å². The summed E-state index contributed by atoms with van der Waals surface area (Å²) >= 11 is 0. The number of aliphatic hydroxyl groups is 3. The van der Waals surface area contributed by atoms with Gasteiger partial charge in [-0.25, -0.2) is 4.39 Å². The van der Waals surface area contributed by atoms with Gasteiger partial charge in [-0.2, -0.15) is 0 Å². The zero-order valence-corrected chi connectivity index (χ0v) is 16.6. The summed E-state index contributed by atoms with van der Waals surface area (Å²) in [7, 11) is 0. The van der Waals surface area contributed by atoms with Crippen LogP contribution < -0.4 is 0 Å². The molecule has 0 heterocycles. The number of allylic oxidation sites excluding steroid dienone is 4. The quantitative estimate of drug-likeness (QED) is 0.667. The van der Waals surface area contributed by atoms with Gasteiger partial charge < -0.3 is 15.3 Å². The van der Waals surface area contributed by atoms with Crippen molar-refractivity contribution in [2.75, 3.05) is 6.61 Å². The van der Waals surface area contributed by atoms with Crippen LogP contribution in [-0.4, -0.2) is 50.9 Å². The molecule has 8 atom stereocenters. The standard InChI is InChI=1S/C22H29FO5/c1-12-8-16-15-5-4-13-9-14(25)6-7-19(13,2)21(15,23)17(26)10-20(16,3)22(12,28)18(27)11-24/h6-7,9,12,15-17,24,26,28H,4-5,8,10-11H2,1-3H3/t12-,15+,16+,17-,19-,20-,21+,22+/m0/s1. The molecule has 4 rings (SSSR count). The van der Waals surface area contributed by atoms with Crippen molar-refractivity contribution in [1.29, 1.82) is 0 Å². The molecule has 0 bridgehead atoms. The van der Waals surface area contributed by atoms with Gasteiger partial charge in [-0.3, -0.25) is 9.59 Å². The number of aliphatic hydroxyl groups excluding tert-OH is 2. The summed E-state index contributed by atoms with van der Waals surface area (Å²) in [5.41, 5.74) is -5.17. The Morgan fingerprint density at radius 3 is 2.64 bits per heavy atom. The highest BCUT2D eigenvalue weighted by Gasteiger charge is 2.75. The van der Waals surface area contributed by atoms with Crippen LogP contribution in [0.5, 0.6) is 0 Å². The number of carbonyl (C=O) groups excluding carboxylic acids is 2. The van der Waals surface area contributed by atoms with E-state index in [1.165, 1.54) is 12.2 Å². The first-order valence-corrected chi connectivity index (χ1v) is 10.1. The van der Waals surface area contributed by atoms with Crippen LogP contribution in [0.1, 0.15) is 46.5 Å². The van der Waals surface area contributed by atoms with E-state index in [4.69, 9.17) is 0 Å². The van der Waals surface area contributed by atoms with Crippen molar-refractivity contribution < 1.29 is 29.3 Å². The predicted octanol–water partition coefficient (Wildman–Crippen LogP) is 1.90. The summed E-state index contributed by atoms with van der Waals surface area (Å²) in [4.78, 5) is 24.4. The number of halogens is 1. The molecule has 3 fully saturated rings. The first-order valence-electron chi connectivity index (χ1n) is 10.1. The van der Waals surface area contributed by atoms with Gasteiger partial charge in [0, 0.05) is 16.7 Å². The van der Waals surface area contributed by atoms with E-state index in [1.54, 1.807) is 26.8 Å². The summed E-state index contributed by atoms with van der Waals surface area (Å²) in [6.07, 6.45) is 4.44. The smallest absolute Gasteiger partial charge is 0.190 e. The number of Topliss-reactive ketones (excluding diaryl/α,β-unsaturated/α-hetero) is 1. The van der Waals surface area contributed by atoms with E-state index < -0.39 is 52.4 Å². The van der Waals surface area contributed by atoms with E-state index in [9.17, 15) is 24.9 Å². The average molecular weight is 392 g/mol. The normalized spacial score (nSPS) is 52.5. The molecule has 4 aliphatic rings. The monoisotopic (exact) mass is 392 g/mol. The number of carbonyl (C=O) groups is 2. The molecule has 6 heteroatoms. The molecule has 28 heavy (non-hydrogen) atoms. The molecule has 3 saturated carbocycles. The van der Waals surface area contributed by atoms with Crippen molar-refractivity contribution in [3.63, 3.8) is 0 Å². The van der Waals surface area contributed by atoms with Gasteiger partial charge in [0.1, 0.15) is 12.2 Å². The van der Waals surface area contributed by atoms with Crippen LogP contribution in [0.3, 0.4) is 0 Å². The molecule has 0 aromatic heterocycles. The molecule has 0 spiro atoms. The Labute approximate surface area is 164 Å². The van der Waals surface area contributed by atoms with Crippen molar-refractivity contribution >= 4 is 11.6 Å². The highest BCUT2D eigenvalue weighted by Crippen LogP contribution is 2.70. The second kappa shape index (κ2) is 5.83. The van der Waals surface area contributed by atoms with Crippen molar-refractivity contribution in [2.45, 2.75) is 63.8 Å². The van der Waals surface area contributed by atoms with Crippen molar-refractivity contribution in [1.82, 2.24) is 0 Å². The Morgan fingerprint density at radius 2 is 2.00 bits per heavy atom. The Hall–Kier alpha value is -1.37. The molecule has 0 aromatic rings. The first-order chi connectivity index (χ1) is 13.0. The first kappa shape index (κ1) is 19.9. The molecular weight excluding hydrogens is 363 g/mol. The second-order valence-electron chi connectivity index (χ2n) is 9.75. The van der Waals surface area contributed by atoms with Crippen LogP contribution in [0.15, 0.2) is 23.8 Å². The molecule has 0 aliphatic heterocycles. The van der Waals surface area contributed by atoms with Gasteiger partial charge in [-0.1, -0.05) is 25.5 Å². The second-order valence-corrected chi connectivity index (χ2v) is 9.75. The zero-order valence-electron chi connectivity index (χ0n) is 16.6. The number of fused-ring (bicyclic) bond motifs is 5. The van der Waals surface area contributed by atoms with Crippen LogP contribution in [0.2, 0.25) is 0 Å². The summed E-state index contributed by atoms with van der Waals surface area (Å²) < 4.78 is 16.9. The summed E-state index contributed by atoms with van der Waals surface area (Å²) in [5.74, 6) is -2.12. The third kappa shape index (κ3) is 2.01. The number of alkyl halides is 1. The minimum Gasteiger partial charge on any atom is -0.390 e. The third-order valence-electron chi connectivity index (χ3n) is 8.79. The van der Waals surface area contributed by atoms with Crippen LogP contribution in [-0.2, 0) is 9.59 Å². The van der Waals surface area contributed by atoms with E-state index in [0.717, 1.165) is 0 Å². The Balaban J connectivity index is 1.84. The van der Waals surface area contributed by atoms with Crippen LogP contribution in [0.25, 0.3) is 0 Å². The molecular formula is C22H29FO5. The fourth-order valence-corrected chi connectivity index (χ4v) is 7.26. The van der Waals surface area contributed by atoms with Gasteiger partial charge in [0.25, 0.3) is 0 Å². The maximum absolute atomic E-state index is 16.9. The fourth-order valence-electron chi connectivity index (χ4n) is 7.26. The summed E-state index contributed by atoms with van der Waals surface area (Å²) in [6, 6.07) is 0. The molecule has 0 aromatic carbocycles. The van der Waals surface area contributed by atoms with Crippen molar-refractivity contribution in [2.24, 2.45) is 28.6 Å². The lowest BCUT2D eigenvalue weighted by Crippen LogP contribution is -2.69. The molecule has 0 unspecified atom stereocenters. The molecule has 5 nitrogen and oxygen atoms in total. The largest absolute Gasteiger partial charge is 0.390 e. The molecule has 4 aliphatic carbocycles. The highest BCUT2D eigenvalue weighted by molar-refractivity contribution is 6.01. The van der Waals surface area contributed by atoms with Gasteiger partial charge in [-0.15, -0.1) is 0 Å². The van der Waals surface area contributed by atoms with Crippen LogP contribution >= 0.6 is 0 Å². The van der Waals surface area contributed by atoms with E-state index in [2.05, 4.69) is 0 Å². The number of hydrogen-bond donors (Lipinski definition) is 3. The zero-order chi connectivity index (χ0) is 20.7. The van der Waals surface area contributed by atoms with E-state index in [1.807, 2.05) is 0 Å². The van der Waals surface area contributed by atoms with E-state index in [-0.39, 0.29) is 18.1 Å². The van der Waals surface area contributed by atoms with Gasteiger partial charge in [0.15, 0.2) is 17.2 Å². The Kier molecular flexibility index (Phi) is 4.15. The summed E-state index contributed by atoms with van der Waals surface area (Å²) in [6.45, 7) is 4.48. The lowest BCUT2D eigenvalue weighted by Gasteiger charge is -2.62. The van der Waals surface area contributed by atoms with Gasteiger partial charge in [0.05, 0.1) is 6.10 Å². The molecule has 154 valence electrons. The minimum absolute atomic E-state index is 0.0676. The van der Waals surface area contributed by atoms with Gasteiger partial charge in [0.2, 0.25) is 0 Å². The maximum Gasteiger partial charge on any atom is 0.190 e. The maximum atomic E-state index is 16.9. The highest BCUT2D eigenvalue weighted by atomic mass is 19.1. The molecule has 0 radical (unpaired) electrons. The Morgan fingerprint density at radius 1 is 1.32 bits per heavy atom. The van der Waals surface area contributed by atoms with Crippen molar-refractivity contribution in [3.8, 4) is 0 Å².